The normalized spacial score (nSPS) is 23.7. The number of rotatable bonds is 5. The fraction of sp³-hybridized carbons (Fsp3) is 0.714. The van der Waals surface area contributed by atoms with Crippen LogP contribution in [-0.2, 0) is 0 Å². The van der Waals surface area contributed by atoms with Gasteiger partial charge in [0.2, 0.25) is 5.88 Å². The van der Waals surface area contributed by atoms with E-state index in [0.29, 0.717) is 18.5 Å². The smallest absolute Gasteiger partial charge is 0.320 e. The molecule has 5 heteroatoms. The average molecular weight is 265 g/mol. The van der Waals surface area contributed by atoms with Crippen LogP contribution in [0.5, 0.6) is 11.9 Å². The van der Waals surface area contributed by atoms with E-state index >= 15 is 0 Å². The summed E-state index contributed by atoms with van der Waals surface area (Å²) in [4.78, 5) is 8.40. The highest BCUT2D eigenvalue weighted by Crippen LogP contribution is 2.21. The summed E-state index contributed by atoms with van der Waals surface area (Å²) in [6.45, 7) is 2.71. The van der Waals surface area contributed by atoms with Crippen LogP contribution in [0.15, 0.2) is 12.3 Å². The maximum absolute atomic E-state index is 6.13. The first-order valence-electron chi connectivity index (χ1n) is 7.17. The van der Waals surface area contributed by atoms with Gasteiger partial charge in [-0.1, -0.05) is 19.8 Å². The molecule has 0 saturated heterocycles. The van der Waals surface area contributed by atoms with E-state index in [4.69, 9.17) is 15.2 Å². The Labute approximate surface area is 114 Å². The average Bonchev–Trinajstić information content (AvgIpc) is 2.62. The van der Waals surface area contributed by atoms with Crippen molar-refractivity contribution in [3.05, 3.63) is 12.3 Å². The van der Waals surface area contributed by atoms with Crippen LogP contribution in [0.4, 0.5) is 0 Å². The number of nitrogens with zero attached hydrogens (tertiary/aromatic N) is 2. The highest BCUT2D eigenvalue weighted by Gasteiger charge is 2.23. The summed E-state index contributed by atoms with van der Waals surface area (Å²) in [7, 11) is 0. The lowest BCUT2D eigenvalue weighted by Gasteiger charge is -2.21. The predicted molar refractivity (Wildman–Crippen MR) is 73.3 cm³/mol. The molecule has 1 aromatic rings. The van der Waals surface area contributed by atoms with Gasteiger partial charge in [0, 0.05) is 18.3 Å². The molecule has 0 aromatic carbocycles. The van der Waals surface area contributed by atoms with Crippen molar-refractivity contribution in [2.75, 3.05) is 6.61 Å². The Kier molecular flexibility index (Phi) is 5.39. The minimum atomic E-state index is 0.0175. The Hall–Kier alpha value is -1.36. The molecule has 1 aliphatic carbocycles. The highest BCUT2D eigenvalue weighted by molar-refractivity contribution is 5.11. The maximum atomic E-state index is 6.13. The first-order chi connectivity index (χ1) is 9.29. The number of ether oxygens (including phenoxy) is 2. The predicted octanol–water partition coefficient (Wildman–Crippen LogP) is 2.30. The van der Waals surface area contributed by atoms with Gasteiger partial charge in [-0.3, -0.25) is 0 Å². The lowest BCUT2D eigenvalue weighted by molar-refractivity contribution is 0.146. The van der Waals surface area contributed by atoms with Crippen LogP contribution in [0.2, 0.25) is 0 Å². The molecule has 1 heterocycles. The monoisotopic (exact) mass is 265 g/mol. The van der Waals surface area contributed by atoms with Crippen molar-refractivity contribution in [1.29, 1.82) is 0 Å². The molecule has 1 aromatic heterocycles. The van der Waals surface area contributed by atoms with Gasteiger partial charge in [-0.15, -0.1) is 0 Å². The van der Waals surface area contributed by atoms with Gasteiger partial charge >= 0.3 is 6.01 Å². The zero-order chi connectivity index (χ0) is 13.5. The van der Waals surface area contributed by atoms with Gasteiger partial charge < -0.3 is 15.2 Å². The molecule has 0 bridgehead atoms. The number of nitrogens with two attached hydrogens (primary N) is 1. The summed E-state index contributed by atoms with van der Waals surface area (Å²) in [6.07, 6.45) is 8.19. The second-order valence-electron chi connectivity index (χ2n) is 4.98. The molecule has 19 heavy (non-hydrogen) atoms. The van der Waals surface area contributed by atoms with E-state index < -0.39 is 0 Å². The molecule has 2 unspecified atom stereocenters. The third kappa shape index (κ3) is 4.35. The van der Waals surface area contributed by atoms with Crippen molar-refractivity contribution in [3.8, 4) is 11.9 Å². The molecular weight excluding hydrogens is 242 g/mol. The van der Waals surface area contributed by atoms with Crippen molar-refractivity contribution in [1.82, 2.24) is 9.97 Å². The topological polar surface area (TPSA) is 70.3 Å². The van der Waals surface area contributed by atoms with Crippen molar-refractivity contribution >= 4 is 0 Å². The highest BCUT2D eigenvalue weighted by atomic mass is 16.5. The van der Waals surface area contributed by atoms with E-state index in [1.807, 2.05) is 0 Å². The Morgan fingerprint density at radius 3 is 3.00 bits per heavy atom. The minimum Gasteiger partial charge on any atom is -0.478 e. The van der Waals surface area contributed by atoms with E-state index in [2.05, 4.69) is 16.9 Å². The number of hydrogen-bond donors (Lipinski definition) is 1. The molecule has 106 valence electrons. The Morgan fingerprint density at radius 2 is 2.16 bits per heavy atom. The quantitative estimate of drug-likeness (QED) is 0.827. The SMILES string of the molecule is CCCOc1ccnc(OC2CCCCCC2N)n1. The first-order valence-corrected chi connectivity index (χ1v) is 7.17. The molecule has 0 amide bonds. The van der Waals surface area contributed by atoms with Gasteiger partial charge in [0.25, 0.3) is 0 Å². The molecule has 1 fully saturated rings. The van der Waals surface area contributed by atoms with Crippen LogP contribution in [0.1, 0.15) is 45.4 Å². The fourth-order valence-corrected chi connectivity index (χ4v) is 2.25. The van der Waals surface area contributed by atoms with Gasteiger partial charge in [-0.2, -0.15) is 4.98 Å². The molecule has 0 spiro atoms. The van der Waals surface area contributed by atoms with E-state index in [-0.39, 0.29) is 12.1 Å². The molecule has 2 rings (SSSR count). The van der Waals surface area contributed by atoms with Crippen LogP contribution in [0.3, 0.4) is 0 Å². The van der Waals surface area contributed by atoms with Crippen molar-refractivity contribution in [2.45, 2.75) is 57.6 Å². The number of aromatic nitrogens is 2. The molecule has 0 aliphatic heterocycles. The van der Waals surface area contributed by atoms with Gasteiger partial charge in [0.1, 0.15) is 6.10 Å². The second kappa shape index (κ2) is 7.28. The third-order valence-electron chi connectivity index (χ3n) is 3.32. The maximum Gasteiger partial charge on any atom is 0.320 e. The molecule has 1 saturated carbocycles. The number of hydrogen-bond acceptors (Lipinski definition) is 5. The summed E-state index contributed by atoms with van der Waals surface area (Å²) >= 11 is 0. The van der Waals surface area contributed by atoms with E-state index in [9.17, 15) is 0 Å². The molecule has 1 aliphatic rings. The third-order valence-corrected chi connectivity index (χ3v) is 3.32. The Balaban J connectivity index is 1.97. The van der Waals surface area contributed by atoms with Gasteiger partial charge in [-0.05, 0) is 25.7 Å². The summed E-state index contributed by atoms with van der Waals surface area (Å²) < 4.78 is 11.3. The Morgan fingerprint density at radius 1 is 1.32 bits per heavy atom. The molecule has 2 N–H and O–H groups in total. The van der Waals surface area contributed by atoms with Crippen LogP contribution in [0.25, 0.3) is 0 Å². The Bertz CT molecular complexity index is 387. The zero-order valence-electron chi connectivity index (χ0n) is 11.5. The van der Waals surface area contributed by atoms with E-state index in [1.165, 1.54) is 12.8 Å². The van der Waals surface area contributed by atoms with Crippen molar-refractivity contribution in [3.63, 3.8) is 0 Å². The van der Waals surface area contributed by atoms with Crippen LogP contribution < -0.4 is 15.2 Å². The van der Waals surface area contributed by atoms with Gasteiger partial charge in [0.15, 0.2) is 0 Å². The minimum absolute atomic E-state index is 0.0175. The first kappa shape index (κ1) is 14.1. The van der Waals surface area contributed by atoms with E-state index in [1.54, 1.807) is 12.3 Å². The molecule has 5 nitrogen and oxygen atoms in total. The summed E-state index contributed by atoms with van der Waals surface area (Å²) in [5.74, 6) is 0.564. The molecule has 2 atom stereocenters. The summed E-state index contributed by atoms with van der Waals surface area (Å²) in [6, 6.07) is 2.19. The second-order valence-corrected chi connectivity index (χ2v) is 4.98. The van der Waals surface area contributed by atoms with Crippen molar-refractivity contribution in [2.24, 2.45) is 5.73 Å². The van der Waals surface area contributed by atoms with Crippen molar-refractivity contribution < 1.29 is 9.47 Å². The van der Waals surface area contributed by atoms with Crippen LogP contribution in [-0.4, -0.2) is 28.7 Å². The summed E-state index contributed by atoms with van der Waals surface area (Å²) in [5, 5.41) is 0. The fourth-order valence-electron chi connectivity index (χ4n) is 2.25. The molecule has 0 radical (unpaired) electrons. The lowest BCUT2D eigenvalue weighted by atomic mass is 10.1. The van der Waals surface area contributed by atoms with Crippen LogP contribution in [0, 0.1) is 0 Å². The van der Waals surface area contributed by atoms with Gasteiger partial charge in [-0.25, -0.2) is 4.98 Å². The van der Waals surface area contributed by atoms with Gasteiger partial charge in [0.05, 0.1) is 6.61 Å². The lowest BCUT2D eigenvalue weighted by Crippen LogP contribution is -2.38. The molecular formula is C14H23N3O2. The van der Waals surface area contributed by atoms with E-state index in [0.717, 1.165) is 25.7 Å². The zero-order valence-corrected chi connectivity index (χ0v) is 11.5. The standard InChI is InChI=1S/C14H23N3O2/c1-2-10-18-13-8-9-16-14(17-13)19-12-7-5-3-4-6-11(12)15/h8-9,11-12H,2-7,10,15H2,1H3. The largest absolute Gasteiger partial charge is 0.478 e. The summed E-state index contributed by atoms with van der Waals surface area (Å²) in [5.41, 5.74) is 6.13. The van der Waals surface area contributed by atoms with Crippen LogP contribution >= 0.6 is 0 Å².